The number of anilines is 1. The number of rotatable bonds is 1. The van der Waals surface area contributed by atoms with Gasteiger partial charge in [-0.3, -0.25) is 4.90 Å². The lowest BCUT2D eigenvalue weighted by Crippen LogP contribution is -2.42. The highest BCUT2D eigenvalue weighted by molar-refractivity contribution is 14.1. The van der Waals surface area contributed by atoms with Crippen LogP contribution in [0.15, 0.2) is 40.9 Å². The minimum absolute atomic E-state index is 0.309. The third kappa shape index (κ3) is 4.06. The Labute approximate surface area is 175 Å². The number of hydrogen-bond acceptors (Lipinski definition) is 2. The summed E-state index contributed by atoms with van der Waals surface area (Å²) in [4.78, 5) is 14.7. The molecule has 3 rings (SSSR count). The molecule has 1 aliphatic heterocycles. The molecule has 0 N–H and O–H groups in total. The van der Waals surface area contributed by atoms with Crippen molar-refractivity contribution >= 4 is 50.3 Å². The first-order valence-electron chi connectivity index (χ1n) is 8.42. The second-order valence-electron chi connectivity index (χ2n) is 7.32. The molecule has 1 amide bonds. The predicted octanol–water partition coefficient (Wildman–Crippen LogP) is 6.62. The Bertz CT molecular complexity index is 850. The Balaban J connectivity index is 2.13. The third-order valence-electron chi connectivity index (χ3n) is 4.20. The van der Waals surface area contributed by atoms with Crippen LogP contribution in [0.1, 0.15) is 44.4 Å². The van der Waals surface area contributed by atoms with Gasteiger partial charge in [0.25, 0.3) is 0 Å². The van der Waals surface area contributed by atoms with Gasteiger partial charge in [0, 0.05) is 13.6 Å². The van der Waals surface area contributed by atoms with Gasteiger partial charge in [-0.15, -0.1) is 0 Å². The van der Waals surface area contributed by atoms with Crippen molar-refractivity contribution in [3.05, 3.63) is 61.4 Å². The number of fused-ring (bicyclic) bond motifs is 1. The van der Waals surface area contributed by atoms with Crippen LogP contribution in [-0.2, 0) is 11.2 Å². The van der Waals surface area contributed by atoms with Gasteiger partial charge in [-0.2, -0.15) is 0 Å². The van der Waals surface area contributed by atoms with Crippen LogP contribution in [0.25, 0.3) is 0 Å². The van der Waals surface area contributed by atoms with Crippen LogP contribution in [0, 0.1) is 9.39 Å². The second kappa shape index (κ2) is 7.46. The molecule has 0 radical (unpaired) electrons. The summed E-state index contributed by atoms with van der Waals surface area (Å²) < 4.78 is 22.0. The maximum Gasteiger partial charge on any atom is 0.415 e. The van der Waals surface area contributed by atoms with Gasteiger partial charge in [0.05, 0.1) is 11.7 Å². The van der Waals surface area contributed by atoms with Crippen molar-refractivity contribution in [2.45, 2.75) is 45.3 Å². The van der Waals surface area contributed by atoms with Gasteiger partial charge < -0.3 is 4.74 Å². The molecule has 138 valence electrons. The molecule has 0 bridgehead atoms. The van der Waals surface area contributed by atoms with E-state index in [9.17, 15) is 9.18 Å². The maximum atomic E-state index is 14.5. The molecule has 0 aliphatic carbocycles. The van der Waals surface area contributed by atoms with Gasteiger partial charge >= 0.3 is 6.09 Å². The first-order valence-corrected chi connectivity index (χ1v) is 10.3. The summed E-state index contributed by atoms with van der Waals surface area (Å²) in [6, 6.07) is 10.2. The van der Waals surface area contributed by atoms with E-state index in [4.69, 9.17) is 4.74 Å². The molecular formula is C20H20BrFINO2. The van der Waals surface area contributed by atoms with Crippen LogP contribution < -0.4 is 4.90 Å². The summed E-state index contributed by atoms with van der Waals surface area (Å²) in [6.07, 6.45) is 0.941. The zero-order chi connectivity index (χ0) is 19.1. The lowest BCUT2D eigenvalue weighted by Gasteiger charge is -2.39. The van der Waals surface area contributed by atoms with Gasteiger partial charge in [0.15, 0.2) is 0 Å². The van der Waals surface area contributed by atoms with Gasteiger partial charge in [0.1, 0.15) is 11.4 Å². The summed E-state index contributed by atoms with van der Waals surface area (Å²) in [7, 11) is 0. The fourth-order valence-corrected chi connectivity index (χ4v) is 5.03. The highest BCUT2D eigenvalue weighted by Gasteiger charge is 2.37. The third-order valence-corrected chi connectivity index (χ3v) is 5.43. The molecule has 0 spiro atoms. The molecular weight excluding hydrogens is 512 g/mol. The minimum atomic E-state index is -0.635. The molecule has 0 saturated carbocycles. The van der Waals surface area contributed by atoms with Crippen LogP contribution in [-0.4, -0.2) is 11.7 Å². The summed E-state index contributed by atoms with van der Waals surface area (Å²) in [5.74, 6) is -0.309. The van der Waals surface area contributed by atoms with E-state index in [2.05, 4.69) is 44.6 Å². The zero-order valence-electron chi connectivity index (χ0n) is 14.9. The molecule has 0 aromatic heterocycles. The number of ether oxygens (including phenoxy) is 1. The lowest BCUT2D eigenvalue weighted by molar-refractivity contribution is 0.0559. The van der Waals surface area contributed by atoms with Crippen molar-refractivity contribution in [1.29, 1.82) is 0 Å². The van der Waals surface area contributed by atoms with Gasteiger partial charge in [0.2, 0.25) is 0 Å². The molecule has 2 aromatic carbocycles. The van der Waals surface area contributed by atoms with Gasteiger partial charge in [-0.05, 0) is 95.9 Å². The number of benzene rings is 2. The summed E-state index contributed by atoms with van der Waals surface area (Å²) in [5, 5.41) is 0. The van der Waals surface area contributed by atoms with E-state index in [1.54, 1.807) is 23.1 Å². The molecule has 0 saturated heterocycles. The van der Waals surface area contributed by atoms with Crippen LogP contribution in [0.3, 0.4) is 0 Å². The molecule has 3 nitrogen and oxygen atoms in total. The van der Waals surface area contributed by atoms with E-state index < -0.39 is 17.7 Å². The minimum Gasteiger partial charge on any atom is -0.443 e. The smallest absolute Gasteiger partial charge is 0.415 e. The van der Waals surface area contributed by atoms with Crippen molar-refractivity contribution in [3.8, 4) is 0 Å². The SMILES string of the molecule is CC(C)(C)OC(=O)N1c2c(Br)cc(I)cc2CCC1c1ccccc1F. The number of hydrogen-bond donors (Lipinski definition) is 0. The maximum absolute atomic E-state index is 14.5. The van der Waals surface area contributed by atoms with E-state index in [-0.39, 0.29) is 5.82 Å². The second-order valence-corrected chi connectivity index (χ2v) is 9.42. The number of carbonyl (C=O) groups excluding carboxylic acids is 1. The molecule has 6 heteroatoms. The lowest BCUT2D eigenvalue weighted by atomic mass is 9.91. The molecule has 1 aliphatic rings. The first-order chi connectivity index (χ1) is 12.2. The number of nitrogens with zero attached hydrogens (tertiary/aromatic N) is 1. The predicted molar refractivity (Wildman–Crippen MR) is 113 cm³/mol. The summed E-state index contributed by atoms with van der Waals surface area (Å²) in [6.45, 7) is 5.49. The van der Waals surface area contributed by atoms with Crippen LogP contribution in [0.4, 0.5) is 14.9 Å². The fourth-order valence-electron chi connectivity index (χ4n) is 3.23. The van der Waals surface area contributed by atoms with Crippen LogP contribution >= 0.6 is 38.5 Å². The summed E-state index contributed by atoms with van der Waals surface area (Å²) in [5.41, 5.74) is 1.69. The largest absolute Gasteiger partial charge is 0.443 e. The topological polar surface area (TPSA) is 29.5 Å². The Morgan fingerprint density at radius 1 is 1.31 bits per heavy atom. The highest BCUT2D eigenvalue weighted by atomic mass is 127. The average molecular weight is 532 g/mol. The van der Waals surface area contributed by atoms with Crippen molar-refractivity contribution in [1.82, 2.24) is 0 Å². The standard InChI is InChI=1S/C20H20BrFINO2/c1-20(2,3)26-19(25)24-17(14-6-4-5-7-16(14)22)9-8-12-10-13(23)11-15(21)18(12)24/h4-7,10-11,17H,8-9H2,1-3H3. The van der Waals surface area contributed by atoms with E-state index in [0.717, 1.165) is 25.7 Å². The fraction of sp³-hybridized carbons (Fsp3) is 0.350. The van der Waals surface area contributed by atoms with Crippen LogP contribution in [0.5, 0.6) is 0 Å². The normalized spacial score (nSPS) is 17.0. The molecule has 2 aromatic rings. The molecule has 1 heterocycles. The van der Waals surface area contributed by atoms with E-state index >= 15 is 0 Å². The average Bonchev–Trinajstić information content (AvgIpc) is 2.52. The van der Waals surface area contributed by atoms with Gasteiger partial charge in [-0.1, -0.05) is 18.2 Å². The van der Waals surface area contributed by atoms with E-state index in [1.807, 2.05) is 26.8 Å². The quantitative estimate of drug-likeness (QED) is 0.387. The van der Waals surface area contributed by atoms with Crippen molar-refractivity contribution < 1.29 is 13.9 Å². The van der Waals surface area contributed by atoms with Crippen molar-refractivity contribution in [2.24, 2.45) is 0 Å². The Morgan fingerprint density at radius 2 is 2.00 bits per heavy atom. The molecule has 26 heavy (non-hydrogen) atoms. The van der Waals surface area contributed by atoms with Crippen molar-refractivity contribution in [3.63, 3.8) is 0 Å². The number of aryl methyl sites for hydroxylation is 1. The Morgan fingerprint density at radius 3 is 2.65 bits per heavy atom. The number of amides is 1. The molecule has 0 fully saturated rings. The van der Waals surface area contributed by atoms with E-state index in [1.165, 1.54) is 6.07 Å². The highest BCUT2D eigenvalue weighted by Crippen LogP contribution is 2.44. The van der Waals surface area contributed by atoms with E-state index in [0.29, 0.717) is 12.0 Å². The summed E-state index contributed by atoms with van der Waals surface area (Å²) >= 11 is 5.85. The molecule has 1 atom stereocenters. The number of halogens is 3. The van der Waals surface area contributed by atoms with Gasteiger partial charge in [-0.25, -0.2) is 9.18 Å². The molecule has 1 unspecified atom stereocenters. The zero-order valence-corrected chi connectivity index (χ0v) is 18.6. The number of carbonyl (C=O) groups is 1. The van der Waals surface area contributed by atoms with Crippen molar-refractivity contribution in [2.75, 3.05) is 4.90 Å². The monoisotopic (exact) mass is 531 g/mol. The van der Waals surface area contributed by atoms with Crippen LogP contribution in [0.2, 0.25) is 0 Å². The first kappa shape index (κ1) is 19.6. The Kier molecular flexibility index (Phi) is 5.63. The Hall–Kier alpha value is -1.15.